The number of hydrogen-bond donors (Lipinski definition) is 1. The van der Waals surface area contributed by atoms with E-state index in [1.54, 1.807) is 0 Å². The highest BCUT2D eigenvalue weighted by molar-refractivity contribution is 9.10. The topological polar surface area (TPSA) is 26.0 Å². The quantitative estimate of drug-likeness (QED) is 0.829. The normalized spacial score (nSPS) is 13.9. The van der Waals surface area contributed by atoms with E-state index in [4.69, 9.17) is 5.73 Å². The second-order valence-corrected chi connectivity index (χ2v) is 4.12. The average molecular weight is 304 g/mol. The van der Waals surface area contributed by atoms with Gasteiger partial charge in [-0.2, -0.15) is 13.2 Å². The molecule has 0 heterocycles. The molecular weight excluding hydrogens is 297 g/mol. The van der Waals surface area contributed by atoms with Gasteiger partial charge in [-0.05, 0) is 12.1 Å². The van der Waals surface area contributed by atoms with Crippen LogP contribution in [0.1, 0.15) is 18.0 Å². The third-order valence-electron chi connectivity index (χ3n) is 1.87. The van der Waals surface area contributed by atoms with Gasteiger partial charge in [0.05, 0.1) is 6.42 Å². The van der Waals surface area contributed by atoms with Gasteiger partial charge >= 0.3 is 6.18 Å². The van der Waals surface area contributed by atoms with Crippen molar-refractivity contribution in [2.45, 2.75) is 18.6 Å². The van der Waals surface area contributed by atoms with Crippen LogP contribution < -0.4 is 5.73 Å². The molecule has 0 amide bonds. The highest BCUT2D eigenvalue weighted by atomic mass is 79.9. The van der Waals surface area contributed by atoms with Crippen LogP contribution in [0.2, 0.25) is 0 Å². The number of halogens is 6. The molecular formula is C9H7BrF5N. The first kappa shape index (κ1) is 13.4. The molecule has 1 atom stereocenters. The van der Waals surface area contributed by atoms with Gasteiger partial charge in [-0.3, -0.25) is 0 Å². The molecule has 0 aliphatic carbocycles. The Labute approximate surface area is 96.6 Å². The minimum absolute atomic E-state index is 0.102. The van der Waals surface area contributed by atoms with Gasteiger partial charge < -0.3 is 5.73 Å². The monoisotopic (exact) mass is 303 g/mol. The molecule has 0 aliphatic heterocycles. The fraction of sp³-hybridized carbons (Fsp3) is 0.333. The Bertz CT molecular complexity index is 367. The predicted octanol–water partition coefficient (Wildman–Crippen LogP) is 3.68. The fourth-order valence-corrected chi connectivity index (χ4v) is 1.66. The molecule has 0 bridgehead atoms. The third-order valence-corrected chi connectivity index (χ3v) is 2.32. The summed E-state index contributed by atoms with van der Waals surface area (Å²) in [6.07, 6.45) is -6.03. The van der Waals surface area contributed by atoms with E-state index in [0.717, 1.165) is 12.1 Å². The van der Waals surface area contributed by atoms with Crippen LogP contribution in [0.25, 0.3) is 0 Å². The van der Waals surface area contributed by atoms with E-state index in [1.165, 1.54) is 0 Å². The summed E-state index contributed by atoms with van der Waals surface area (Å²) >= 11 is 2.81. The molecule has 0 saturated carbocycles. The van der Waals surface area contributed by atoms with Crippen molar-refractivity contribution in [1.29, 1.82) is 0 Å². The lowest BCUT2D eigenvalue weighted by molar-refractivity contribution is -0.138. The second-order valence-electron chi connectivity index (χ2n) is 3.21. The Balaban J connectivity index is 3.04. The number of nitrogens with two attached hydrogens (primary N) is 1. The smallest absolute Gasteiger partial charge is 0.323 e. The second kappa shape index (κ2) is 4.67. The Morgan fingerprint density at radius 1 is 1.19 bits per heavy atom. The Kier molecular flexibility index (Phi) is 3.90. The lowest BCUT2D eigenvalue weighted by atomic mass is 10.0. The minimum atomic E-state index is -4.56. The first-order valence-electron chi connectivity index (χ1n) is 4.17. The molecule has 16 heavy (non-hydrogen) atoms. The molecule has 0 unspecified atom stereocenters. The molecule has 7 heteroatoms. The van der Waals surface area contributed by atoms with Gasteiger partial charge in [-0.15, -0.1) is 0 Å². The van der Waals surface area contributed by atoms with E-state index in [2.05, 4.69) is 15.9 Å². The molecule has 0 saturated heterocycles. The maximum Gasteiger partial charge on any atom is 0.390 e. The summed E-state index contributed by atoms with van der Waals surface area (Å²) in [6.45, 7) is 0. The first-order chi connectivity index (χ1) is 7.20. The lowest BCUT2D eigenvalue weighted by Gasteiger charge is -2.16. The molecule has 0 spiro atoms. The first-order valence-corrected chi connectivity index (χ1v) is 4.97. The Morgan fingerprint density at radius 2 is 1.62 bits per heavy atom. The van der Waals surface area contributed by atoms with E-state index in [0.29, 0.717) is 0 Å². The van der Waals surface area contributed by atoms with E-state index in [1.807, 2.05) is 0 Å². The molecule has 0 radical (unpaired) electrons. The minimum Gasteiger partial charge on any atom is -0.323 e. The van der Waals surface area contributed by atoms with Crippen LogP contribution in [-0.4, -0.2) is 6.18 Å². The summed E-state index contributed by atoms with van der Waals surface area (Å²) < 4.78 is 62.5. The van der Waals surface area contributed by atoms with Crippen molar-refractivity contribution in [1.82, 2.24) is 0 Å². The van der Waals surface area contributed by atoms with Crippen molar-refractivity contribution in [2.75, 3.05) is 0 Å². The zero-order valence-electron chi connectivity index (χ0n) is 7.78. The summed E-state index contributed by atoms with van der Waals surface area (Å²) in [5.41, 5.74) is 4.37. The predicted molar refractivity (Wildman–Crippen MR) is 51.7 cm³/mol. The SMILES string of the molecule is N[C@H](CC(F)(F)F)c1c(F)cc(Br)cc1F. The van der Waals surface area contributed by atoms with Crippen LogP contribution in [0.3, 0.4) is 0 Å². The molecule has 90 valence electrons. The fourth-order valence-electron chi connectivity index (χ4n) is 1.26. The van der Waals surface area contributed by atoms with E-state index >= 15 is 0 Å². The van der Waals surface area contributed by atoms with Gasteiger partial charge in [0.1, 0.15) is 11.6 Å². The van der Waals surface area contributed by atoms with E-state index in [-0.39, 0.29) is 4.47 Å². The van der Waals surface area contributed by atoms with E-state index in [9.17, 15) is 22.0 Å². The molecule has 0 aliphatic rings. The zero-order chi connectivity index (χ0) is 12.5. The van der Waals surface area contributed by atoms with Crippen molar-refractivity contribution >= 4 is 15.9 Å². The maximum atomic E-state index is 13.2. The number of rotatable bonds is 2. The van der Waals surface area contributed by atoms with Gasteiger partial charge in [-0.25, -0.2) is 8.78 Å². The van der Waals surface area contributed by atoms with Crippen LogP contribution in [0.5, 0.6) is 0 Å². The largest absolute Gasteiger partial charge is 0.390 e. The number of benzene rings is 1. The van der Waals surface area contributed by atoms with Crippen LogP contribution in [0.15, 0.2) is 16.6 Å². The third kappa shape index (κ3) is 3.41. The maximum absolute atomic E-state index is 13.2. The average Bonchev–Trinajstić information content (AvgIpc) is 1.96. The molecule has 1 nitrogen and oxygen atoms in total. The van der Waals surface area contributed by atoms with Crippen molar-refractivity contribution in [3.05, 3.63) is 33.8 Å². The Morgan fingerprint density at radius 3 is 2.00 bits per heavy atom. The molecule has 1 aromatic carbocycles. The van der Waals surface area contributed by atoms with Crippen LogP contribution in [0, 0.1) is 11.6 Å². The Hall–Kier alpha value is -0.690. The summed E-state index contributed by atoms with van der Waals surface area (Å²) in [5, 5.41) is 0. The lowest BCUT2D eigenvalue weighted by Crippen LogP contribution is -2.22. The summed E-state index contributed by atoms with van der Waals surface area (Å²) in [4.78, 5) is 0. The standard InChI is InChI=1S/C9H7BrF5N/c10-4-1-5(11)8(6(12)2-4)7(16)3-9(13,14)15/h1-2,7H,3,16H2/t7-/m1/s1. The molecule has 1 rings (SSSR count). The van der Waals surface area contributed by atoms with Crippen molar-refractivity contribution in [3.63, 3.8) is 0 Å². The van der Waals surface area contributed by atoms with Crippen LogP contribution in [-0.2, 0) is 0 Å². The highest BCUT2D eigenvalue weighted by Crippen LogP contribution is 2.31. The van der Waals surface area contributed by atoms with Crippen LogP contribution >= 0.6 is 15.9 Å². The number of hydrogen-bond acceptors (Lipinski definition) is 1. The molecule has 0 aromatic heterocycles. The van der Waals surface area contributed by atoms with Gasteiger partial charge in [-0.1, -0.05) is 15.9 Å². The highest BCUT2D eigenvalue weighted by Gasteiger charge is 2.33. The van der Waals surface area contributed by atoms with Gasteiger partial charge in [0.25, 0.3) is 0 Å². The van der Waals surface area contributed by atoms with Crippen molar-refractivity contribution in [2.24, 2.45) is 5.73 Å². The summed E-state index contributed by atoms with van der Waals surface area (Å²) in [7, 11) is 0. The van der Waals surface area contributed by atoms with Crippen molar-refractivity contribution in [3.8, 4) is 0 Å². The molecule has 0 fully saturated rings. The van der Waals surface area contributed by atoms with E-state index < -0.39 is 35.8 Å². The summed E-state index contributed by atoms with van der Waals surface area (Å²) in [6, 6.07) is -0.00312. The number of alkyl halides is 3. The summed E-state index contributed by atoms with van der Waals surface area (Å²) in [5.74, 6) is -2.19. The van der Waals surface area contributed by atoms with Gasteiger partial charge in [0, 0.05) is 16.1 Å². The van der Waals surface area contributed by atoms with Crippen molar-refractivity contribution < 1.29 is 22.0 Å². The zero-order valence-corrected chi connectivity index (χ0v) is 9.37. The van der Waals surface area contributed by atoms with Gasteiger partial charge in [0.15, 0.2) is 0 Å². The van der Waals surface area contributed by atoms with Crippen LogP contribution in [0.4, 0.5) is 22.0 Å². The molecule has 1 aromatic rings. The van der Waals surface area contributed by atoms with Gasteiger partial charge in [0.2, 0.25) is 0 Å². The molecule has 2 N–H and O–H groups in total.